The van der Waals surface area contributed by atoms with Crippen molar-refractivity contribution in [2.45, 2.75) is 6.54 Å². The van der Waals surface area contributed by atoms with E-state index < -0.39 is 11.8 Å². The standard InChI is InChI=1S/C25H20ClN3O4/c1-33-20-12-10-18(11-13-20)28-23(30)17-8-5-9-19(14-17)27-22-21(26)24(31)29(25(22)32)15-16-6-3-2-4-7-16/h2-14,27H,15H2,1H3,(H,28,30). The molecule has 4 rings (SSSR count). The summed E-state index contributed by atoms with van der Waals surface area (Å²) in [6.07, 6.45) is 0. The molecule has 0 radical (unpaired) electrons. The number of hydrogen-bond donors (Lipinski definition) is 2. The van der Waals surface area contributed by atoms with E-state index in [9.17, 15) is 14.4 Å². The maximum atomic E-state index is 12.9. The molecule has 0 atom stereocenters. The Balaban J connectivity index is 1.47. The zero-order chi connectivity index (χ0) is 23.4. The van der Waals surface area contributed by atoms with Crippen LogP contribution in [0.15, 0.2) is 89.6 Å². The summed E-state index contributed by atoms with van der Waals surface area (Å²) < 4.78 is 5.11. The number of anilines is 2. The van der Waals surface area contributed by atoms with Gasteiger partial charge in [-0.05, 0) is 48.0 Å². The van der Waals surface area contributed by atoms with Crippen LogP contribution in [-0.2, 0) is 16.1 Å². The van der Waals surface area contributed by atoms with Crippen LogP contribution in [0.25, 0.3) is 0 Å². The zero-order valence-electron chi connectivity index (χ0n) is 17.7. The van der Waals surface area contributed by atoms with Crippen molar-refractivity contribution in [1.82, 2.24) is 4.90 Å². The van der Waals surface area contributed by atoms with Gasteiger partial charge in [0.15, 0.2) is 0 Å². The van der Waals surface area contributed by atoms with E-state index in [2.05, 4.69) is 10.6 Å². The average Bonchev–Trinajstić information content (AvgIpc) is 3.04. The van der Waals surface area contributed by atoms with Crippen LogP contribution in [-0.4, -0.2) is 29.7 Å². The molecule has 1 aliphatic heterocycles. The molecular formula is C25H20ClN3O4. The van der Waals surface area contributed by atoms with Gasteiger partial charge in [-0.15, -0.1) is 0 Å². The van der Waals surface area contributed by atoms with Crippen LogP contribution in [0.2, 0.25) is 0 Å². The fourth-order valence-electron chi connectivity index (χ4n) is 3.32. The van der Waals surface area contributed by atoms with Gasteiger partial charge in [0.1, 0.15) is 16.5 Å². The van der Waals surface area contributed by atoms with E-state index in [1.54, 1.807) is 55.6 Å². The van der Waals surface area contributed by atoms with Gasteiger partial charge in [0, 0.05) is 16.9 Å². The van der Waals surface area contributed by atoms with E-state index >= 15 is 0 Å². The van der Waals surface area contributed by atoms with Gasteiger partial charge in [-0.3, -0.25) is 19.3 Å². The zero-order valence-corrected chi connectivity index (χ0v) is 18.4. The average molecular weight is 462 g/mol. The molecule has 0 fully saturated rings. The summed E-state index contributed by atoms with van der Waals surface area (Å²) in [5.74, 6) is -0.742. The van der Waals surface area contributed by atoms with Crippen LogP contribution in [0.3, 0.4) is 0 Å². The minimum absolute atomic E-state index is 0.0229. The lowest BCUT2D eigenvalue weighted by Gasteiger charge is -2.15. The van der Waals surface area contributed by atoms with Crippen molar-refractivity contribution < 1.29 is 19.1 Å². The normalized spacial score (nSPS) is 13.3. The van der Waals surface area contributed by atoms with Gasteiger partial charge in [-0.1, -0.05) is 48.0 Å². The molecule has 166 valence electrons. The Labute approximate surface area is 195 Å². The highest BCUT2D eigenvalue weighted by Crippen LogP contribution is 2.27. The third-order valence-corrected chi connectivity index (χ3v) is 5.39. The van der Waals surface area contributed by atoms with Gasteiger partial charge < -0.3 is 15.4 Å². The summed E-state index contributed by atoms with van der Waals surface area (Å²) in [4.78, 5) is 39.1. The van der Waals surface area contributed by atoms with E-state index in [4.69, 9.17) is 16.3 Å². The van der Waals surface area contributed by atoms with Gasteiger partial charge in [-0.25, -0.2) is 0 Å². The lowest BCUT2D eigenvalue weighted by Crippen LogP contribution is -2.31. The van der Waals surface area contributed by atoms with Crippen molar-refractivity contribution in [3.63, 3.8) is 0 Å². The first kappa shape index (κ1) is 22.1. The van der Waals surface area contributed by atoms with Crippen LogP contribution < -0.4 is 15.4 Å². The fourth-order valence-corrected chi connectivity index (χ4v) is 3.55. The number of methoxy groups -OCH3 is 1. The number of imide groups is 1. The number of nitrogens with zero attached hydrogens (tertiary/aromatic N) is 1. The fraction of sp³-hybridized carbons (Fsp3) is 0.0800. The molecule has 1 aliphatic rings. The molecule has 0 saturated heterocycles. The number of ether oxygens (including phenoxy) is 1. The van der Waals surface area contributed by atoms with E-state index in [1.165, 1.54) is 0 Å². The van der Waals surface area contributed by atoms with Crippen LogP contribution in [0.1, 0.15) is 15.9 Å². The SMILES string of the molecule is COc1ccc(NC(=O)c2cccc(NC3=C(Cl)C(=O)N(Cc4ccccc4)C3=O)c2)cc1. The quantitative estimate of drug-likeness (QED) is 0.510. The number of benzene rings is 3. The molecule has 2 N–H and O–H groups in total. The molecule has 8 heteroatoms. The van der Waals surface area contributed by atoms with Gasteiger partial charge in [-0.2, -0.15) is 0 Å². The molecule has 0 aliphatic carbocycles. The topological polar surface area (TPSA) is 87.7 Å². The Morgan fingerprint density at radius 2 is 1.64 bits per heavy atom. The number of hydrogen-bond acceptors (Lipinski definition) is 5. The molecule has 0 bridgehead atoms. The number of carbonyl (C=O) groups excluding carboxylic acids is 3. The van der Waals surface area contributed by atoms with Gasteiger partial charge in [0.25, 0.3) is 17.7 Å². The molecule has 1 heterocycles. The molecule has 0 unspecified atom stereocenters. The van der Waals surface area contributed by atoms with Crippen molar-refractivity contribution in [2.75, 3.05) is 17.7 Å². The number of amides is 3. The first-order valence-electron chi connectivity index (χ1n) is 10.1. The van der Waals surface area contributed by atoms with Crippen LogP contribution in [0.4, 0.5) is 11.4 Å². The Bertz CT molecular complexity index is 1240. The number of carbonyl (C=O) groups is 3. The van der Waals surface area contributed by atoms with Crippen molar-refractivity contribution in [2.24, 2.45) is 0 Å². The predicted octanol–water partition coefficient (Wildman–Crippen LogP) is 4.38. The maximum Gasteiger partial charge on any atom is 0.279 e. The van der Waals surface area contributed by atoms with E-state index in [1.807, 2.05) is 30.3 Å². The molecule has 7 nitrogen and oxygen atoms in total. The number of nitrogens with one attached hydrogen (secondary N) is 2. The summed E-state index contributed by atoms with van der Waals surface area (Å²) in [5.41, 5.74) is 2.21. The summed E-state index contributed by atoms with van der Waals surface area (Å²) >= 11 is 6.18. The minimum atomic E-state index is -0.568. The van der Waals surface area contributed by atoms with Crippen molar-refractivity contribution in [1.29, 1.82) is 0 Å². The largest absolute Gasteiger partial charge is 0.497 e. The molecule has 3 aromatic rings. The van der Waals surface area contributed by atoms with Gasteiger partial charge in [0.2, 0.25) is 0 Å². The second-order valence-electron chi connectivity index (χ2n) is 7.26. The second-order valence-corrected chi connectivity index (χ2v) is 7.64. The minimum Gasteiger partial charge on any atom is -0.497 e. The lowest BCUT2D eigenvalue weighted by atomic mass is 10.1. The number of halogens is 1. The highest BCUT2D eigenvalue weighted by molar-refractivity contribution is 6.48. The van der Waals surface area contributed by atoms with Crippen molar-refractivity contribution in [3.8, 4) is 5.75 Å². The van der Waals surface area contributed by atoms with Crippen molar-refractivity contribution >= 4 is 40.7 Å². The third kappa shape index (κ3) is 4.88. The van der Waals surface area contributed by atoms with Crippen LogP contribution in [0.5, 0.6) is 5.75 Å². The highest BCUT2D eigenvalue weighted by Gasteiger charge is 2.37. The molecule has 3 aromatic carbocycles. The maximum absolute atomic E-state index is 12.9. The second kappa shape index (κ2) is 9.58. The van der Waals surface area contributed by atoms with E-state index in [0.29, 0.717) is 22.7 Å². The molecule has 0 saturated carbocycles. The predicted molar refractivity (Wildman–Crippen MR) is 126 cm³/mol. The van der Waals surface area contributed by atoms with E-state index in [0.717, 1.165) is 10.5 Å². The third-order valence-electron chi connectivity index (χ3n) is 5.04. The van der Waals surface area contributed by atoms with E-state index in [-0.39, 0.29) is 23.2 Å². The summed E-state index contributed by atoms with van der Waals surface area (Å²) in [5, 5.41) is 5.51. The first-order valence-corrected chi connectivity index (χ1v) is 10.5. The summed E-state index contributed by atoms with van der Waals surface area (Å²) in [7, 11) is 1.57. The Morgan fingerprint density at radius 3 is 2.33 bits per heavy atom. The molecular weight excluding hydrogens is 442 g/mol. The molecule has 0 spiro atoms. The van der Waals surface area contributed by atoms with Crippen LogP contribution in [0, 0.1) is 0 Å². The first-order chi connectivity index (χ1) is 16.0. The van der Waals surface area contributed by atoms with Gasteiger partial charge in [0.05, 0.1) is 13.7 Å². The smallest absolute Gasteiger partial charge is 0.279 e. The summed E-state index contributed by atoms with van der Waals surface area (Å²) in [6.45, 7) is 0.115. The highest BCUT2D eigenvalue weighted by atomic mass is 35.5. The monoisotopic (exact) mass is 461 g/mol. The summed E-state index contributed by atoms with van der Waals surface area (Å²) in [6, 6.07) is 22.7. The molecule has 3 amide bonds. The Morgan fingerprint density at radius 1 is 0.909 bits per heavy atom. The lowest BCUT2D eigenvalue weighted by molar-refractivity contribution is -0.138. The Hall–Kier alpha value is -4.10. The Kier molecular flexibility index (Phi) is 6.42. The molecule has 0 aromatic heterocycles. The molecule has 33 heavy (non-hydrogen) atoms. The van der Waals surface area contributed by atoms with Gasteiger partial charge >= 0.3 is 0 Å². The van der Waals surface area contributed by atoms with Crippen molar-refractivity contribution in [3.05, 3.63) is 101 Å². The van der Waals surface area contributed by atoms with Crippen LogP contribution >= 0.6 is 11.6 Å². The number of rotatable bonds is 7.